The molecule has 11 heteroatoms. The van der Waals surface area contributed by atoms with Gasteiger partial charge >= 0.3 is 0 Å². The summed E-state index contributed by atoms with van der Waals surface area (Å²) in [6, 6.07) is 16.0. The molecule has 10 nitrogen and oxygen atoms in total. The molecule has 2 aromatic carbocycles. The van der Waals surface area contributed by atoms with Crippen molar-refractivity contribution in [3.8, 4) is 11.5 Å². The molecule has 2 aliphatic rings. The van der Waals surface area contributed by atoms with E-state index in [2.05, 4.69) is 21.0 Å². The van der Waals surface area contributed by atoms with Crippen LogP contribution in [-0.4, -0.2) is 34.4 Å². The van der Waals surface area contributed by atoms with E-state index in [4.69, 9.17) is 10.5 Å². The molecule has 5 rings (SSSR count). The van der Waals surface area contributed by atoms with Crippen molar-refractivity contribution in [2.75, 3.05) is 16.6 Å². The van der Waals surface area contributed by atoms with Crippen molar-refractivity contribution < 1.29 is 18.7 Å². The Morgan fingerprint density at radius 2 is 1.80 bits per heavy atom. The molecule has 1 aromatic heterocycles. The van der Waals surface area contributed by atoms with Gasteiger partial charge in [-0.2, -0.15) is 9.89 Å². The highest BCUT2D eigenvalue weighted by molar-refractivity contribution is 5.93. The van der Waals surface area contributed by atoms with Crippen molar-refractivity contribution in [2.24, 2.45) is 5.73 Å². The molecule has 0 radical (unpaired) electrons. The zero-order valence-corrected chi connectivity index (χ0v) is 22.2. The van der Waals surface area contributed by atoms with Gasteiger partial charge in [-0.1, -0.05) is 29.8 Å². The lowest BCUT2D eigenvalue weighted by Crippen LogP contribution is -2.58. The van der Waals surface area contributed by atoms with E-state index in [0.29, 0.717) is 36.7 Å². The highest BCUT2D eigenvalue weighted by atomic mass is 19.1. The Labute approximate surface area is 231 Å². The van der Waals surface area contributed by atoms with Crippen molar-refractivity contribution in [3.63, 3.8) is 0 Å². The molecule has 0 spiro atoms. The third kappa shape index (κ3) is 5.99. The zero-order chi connectivity index (χ0) is 28.1. The number of rotatable bonds is 6. The minimum atomic E-state index is -0.588. The van der Waals surface area contributed by atoms with Crippen molar-refractivity contribution in [2.45, 2.75) is 44.8 Å². The lowest BCUT2D eigenvalue weighted by molar-refractivity contribution is -0.123. The standard InChI is InChI=1S/C29H32FN7O3/c1-2-6-27(38)33-34-28(39)17-20-9-11-21(12-10-20)36-19-35(29(31)26-15-16-32-37(26)36)25-14-13-23(18-24(25)30)40-22-7-4-3-5-8-22/h2-8,13-18,21,29H,9-12,19,31H2,1H3,(H,33,38)(H,34,39)/b6-2+,20-17?. The second kappa shape index (κ2) is 12.0. The van der Waals surface area contributed by atoms with E-state index in [9.17, 15) is 9.59 Å². The monoisotopic (exact) mass is 545 g/mol. The van der Waals surface area contributed by atoms with Crippen molar-refractivity contribution >= 4 is 17.5 Å². The second-order valence-corrected chi connectivity index (χ2v) is 9.68. The SMILES string of the molecule is C/C=C/C(=O)NNC(=O)C=C1CCC(N2CN(c3ccc(Oc4ccccc4)cc3F)C(N)c3ccnn32)CC1. The maximum atomic E-state index is 15.4. The van der Waals surface area contributed by atoms with E-state index in [1.54, 1.807) is 37.4 Å². The van der Waals surface area contributed by atoms with Crippen molar-refractivity contribution in [1.82, 2.24) is 20.7 Å². The van der Waals surface area contributed by atoms with Crippen LogP contribution in [0.25, 0.3) is 0 Å². The number of aromatic nitrogens is 2. The first-order chi connectivity index (χ1) is 19.4. The Hall–Kier alpha value is -4.64. The van der Waals surface area contributed by atoms with Crippen molar-refractivity contribution in [1.29, 1.82) is 0 Å². The summed E-state index contributed by atoms with van der Waals surface area (Å²) in [5.74, 6) is -0.169. The lowest BCUT2D eigenvalue weighted by Gasteiger charge is -2.46. The molecule has 0 bridgehead atoms. The summed E-state index contributed by atoms with van der Waals surface area (Å²) >= 11 is 0. The molecule has 1 aliphatic carbocycles. The van der Waals surface area contributed by atoms with Crippen LogP contribution in [0.4, 0.5) is 10.1 Å². The maximum Gasteiger partial charge on any atom is 0.262 e. The summed E-state index contributed by atoms with van der Waals surface area (Å²) in [7, 11) is 0. The normalized spacial score (nSPS) is 18.8. The fourth-order valence-corrected chi connectivity index (χ4v) is 5.06. The summed E-state index contributed by atoms with van der Waals surface area (Å²) in [5.41, 5.74) is 13.5. The van der Waals surface area contributed by atoms with Gasteiger partial charge in [-0.15, -0.1) is 0 Å². The highest BCUT2D eigenvalue weighted by Gasteiger charge is 2.35. The number of hydrogen-bond acceptors (Lipinski definition) is 7. The van der Waals surface area contributed by atoms with E-state index >= 15 is 4.39 Å². The number of carbonyl (C=O) groups is 2. The van der Waals surface area contributed by atoms with Crippen molar-refractivity contribution in [3.05, 3.63) is 96.1 Å². The van der Waals surface area contributed by atoms with Gasteiger partial charge in [0.1, 0.15) is 30.2 Å². The molecule has 40 heavy (non-hydrogen) atoms. The molecule has 1 aliphatic heterocycles. The quantitative estimate of drug-likeness (QED) is 0.319. The Kier molecular flexibility index (Phi) is 8.11. The third-order valence-corrected chi connectivity index (χ3v) is 7.02. The topological polar surface area (TPSA) is 118 Å². The predicted molar refractivity (Wildman–Crippen MR) is 149 cm³/mol. The number of halogens is 1. The Morgan fingerprint density at radius 1 is 1.05 bits per heavy atom. The summed E-state index contributed by atoms with van der Waals surface area (Å²) in [6.45, 7) is 2.06. The number of benzene rings is 2. The van der Waals surface area contributed by atoms with E-state index in [-0.39, 0.29) is 11.9 Å². The lowest BCUT2D eigenvalue weighted by atomic mass is 9.90. The largest absolute Gasteiger partial charge is 0.457 e. The van der Waals surface area contributed by atoms with Crippen LogP contribution in [0, 0.1) is 5.82 Å². The van der Waals surface area contributed by atoms with Crippen LogP contribution in [0.2, 0.25) is 0 Å². The summed E-state index contributed by atoms with van der Waals surface area (Å²) in [5, 5.41) is 6.59. The molecule has 1 unspecified atom stereocenters. The van der Waals surface area contributed by atoms with Crippen LogP contribution in [0.3, 0.4) is 0 Å². The molecule has 2 amide bonds. The number of hydrogen-bond donors (Lipinski definition) is 3. The van der Waals surface area contributed by atoms with E-state index < -0.39 is 17.9 Å². The minimum Gasteiger partial charge on any atom is -0.457 e. The van der Waals surface area contributed by atoms with Crippen LogP contribution in [0.1, 0.15) is 44.5 Å². The molecule has 1 fully saturated rings. The predicted octanol–water partition coefficient (Wildman–Crippen LogP) is 3.78. The molecule has 1 atom stereocenters. The molecular weight excluding hydrogens is 513 g/mol. The Balaban J connectivity index is 1.27. The number of nitrogens with two attached hydrogens (primary N) is 1. The maximum absolute atomic E-state index is 15.4. The Bertz CT molecular complexity index is 1410. The summed E-state index contributed by atoms with van der Waals surface area (Å²) in [6.07, 6.45) is 8.53. The van der Waals surface area contributed by atoms with Gasteiger partial charge in [0.15, 0.2) is 0 Å². The molecule has 3 aromatic rings. The smallest absolute Gasteiger partial charge is 0.262 e. The number of anilines is 1. The van der Waals surface area contributed by atoms with Gasteiger partial charge < -0.3 is 15.4 Å². The first kappa shape index (κ1) is 26.9. The highest BCUT2D eigenvalue weighted by Crippen LogP contribution is 2.35. The summed E-state index contributed by atoms with van der Waals surface area (Å²) in [4.78, 5) is 27.4. The van der Waals surface area contributed by atoms with E-state index in [0.717, 1.165) is 24.1 Å². The first-order valence-corrected chi connectivity index (χ1v) is 13.2. The number of allylic oxidation sites excluding steroid dienone is 2. The van der Waals surface area contributed by atoms with Gasteiger partial charge in [-0.25, -0.2) is 4.39 Å². The molecule has 4 N–H and O–H groups in total. The van der Waals surface area contributed by atoms with Crippen LogP contribution in [0.15, 0.2) is 84.6 Å². The molecular formula is C29H32FN7O3. The van der Waals surface area contributed by atoms with Crippen LogP contribution in [-0.2, 0) is 9.59 Å². The van der Waals surface area contributed by atoms with Gasteiger partial charge in [0.25, 0.3) is 11.8 Å². The fraction of sp³-hybridized carbons (Fsp3) is 0.276. The van der Waals surface area contributed by atoms with E-state index in [1.807, 2.05) is 46.1 Å². The van der Waals surface area contributed by atoms with Crippen LogP contribution >= 0.6 is 0 Å². The van der Waals surface area contributed by atoms with Gasteiger partial charge in [0, 0.05) is 24.3 Å². The Morgan fingerprint density at radius 3 is 2.52 bits per heavy atom. The average Bonchev–Trinajstić information content (AvgIpc) is 3.45. The van der Waals surface area contributed by atoms with Crippen LogP contribution in [0.5, 0.6) is 11.5 Å². The number of ether oxygens (including phenoxy) is 1. The average molecular weight is 546 g/mol. The number of amides is 2. The fourth-order valence-electron chi connectivity index (χ4n) is 5.06. The summed E-state index contributed by atoms with van der Waals surface area (Å²) < 4.78 is 21.2. The molecule has 1 saturated carbocycles. The van der Waals surface area contributed by atoms with Gasteiger partial charge in [0.2, 0.25) is 0 Å². The number of fused-ring (bicyclic) bond motifs is 1. The van der Waals surface area contributed by atoms with Gasteiger partial charge in [-0.3, -0.25) is 25.4 Å². The number of nitrogens with one attached hydrogen (secondary N) is 2. The minimum absolute atomic E-state index is 0.104. The first-order valence-electron chi connectivity index (χ1n) is 13.2. The molecule has 0 saturated heterocycles. The van der Waals surface area contributed by atoms with Crippen LogP contribution < -0.4 is 31.2 Å². The third-order valence-electron chi connectivity index (χ3n) is 7.02. The number of hydrazine groups is 1. The molecule has 208 valence electrons. The number of nitrogens with zero attached hydrogens (tertiary/aromatic N) is 4. The van der Waals surface area contributed by atoms with Gasteiger partial charge in [-0.05, 0) is 62.9 Å². The second-order valence-electron chi connectivity index (χ2n) is 9.68. The zero-order valence-electron chi connectivity index (χ0n) is 22.2. The van der Waals surface area contributed by atoms with Gasteiger partial charge in [0.05, 0.1) is 17.6 Å². The number of para-hydroxylation sites is 1. The molecule has 2 heterocycles. The van der Waals surface area contributed by atoms with E-state index in [1.165, 1.54) is 12.1 Å². The number of carbonyl (C=O) groups excluding carboxylic acids is 2.